The number of aromatic amines is 1. The van der Waals surface area contributed by atoms with Crippen molar-refractivity contribution in [3.8, 4) is 0 Å². The number of fused-ring (bicyclic) bond motifs is 1. The van der Waals surface area contributed by atoms with Gasteiger partial charge >= 0.3 is 5.97 Å². The number of nitrogens with one attached hydrogen (secondary N) is 2. The molecular formula is C33H47FN6O2. The number of rotatable bonds is 13. The van der Waals surface area contributed by atoms with E-state index >= 15 is 0 Å². The van der Waals surface area contributed by atoms with E-state index in [0.29, 0.717) is 34.8 Å². The molecule has 0 saturated carbocycles. The average Bonchev–Trinajstić information content (AvgIpc) is 3.35. The molecule has 9 heteroatoms. The van der Waals surface area contributed by atoms with Crippen molar-refractivity contribution in [2.45, 2.75) is 52.9 Å². The second kappa shape index (κ2) is 14.6. The van der Waals surface area contributed by atoms with Crippen LogP contribution in [-0.2, 0) is 4.74 Å². The minimum absolute atomic E-state index is 0.182. The number of halogens is 1. The third kappa shape index (κ3) is 8.26. The lowest BCUT2D eigenvalue weighted by molar-refractivity contribution is 0.0452. The first-order valence-corrected chi connectivity index (χ1v) is 15.2. The predicted octanol–water partition coefficient (Wildman–Crippen LogP) is 5.89. The van der Waals surface area contributed by atoms with E-state index in [9.17, 15) is 9.18 Å². The van der Waals surface area contributed by atoms with Crippen molar-refractivity contribution >= 4 is 28.3 Å². The summed E-state index contributed by atoms with van der Waals surface area (Å²) >= 11 is 0. The lowest BCUT2D eigenvalue weighted by atomic mass is 9.96. The molecule has 2 aromatic carbocycles. The second-order valence-corrected chi connectivity index (χ2v) is 12.0. The number of hydrogen-bond acceptors (Lipinski definition) is 7. The van der Waals surface area contributed by atoms with Gasteiger partial charge < -0.3 is 30.7 Å². The van der Waals surface area contributed by atoms with E-state index in [2.05, 4.69) is 53.3 Å². The minimum atomic E-state index is -0.528. The summed E-state index contributed by atoms with van der Waals surface area (Å²) in [6.07, 6.45) is 4.86. The highest BCUT2D eigenvalue weighted by Gasteiger charge is 2.23. The number of likely N-dealkylation sites (tertiary alicyclic amines) is 1. The molecule has 1 aliphatic rings. The monoisotopic (exact) mass is 578 g/mol. The number of esters is 1. The summed E-state index contributed by atoms with van der Waals surface area (Å²) in [6.45, 7) is 13.2. The normalized spacial score (nSPS) is 15.7. The van der Waals surface area contributed by atoms with Gasteiger partial charge in [0.05, 0.1) is 12.3 Å². The Labute approximate surface area is 249 Å². The molecule has 0 bridgehead atoms. The lowest BCUT2D eigenvalue weighted by Gasteiger charge is -2.33. The number of ether oxygens (including phenoxy) is 1. The van der Waals surface area contributed by atoms with E-state index in [1.54, 1.807) is 17.3 Å². The molecule has 1 fully saturated rings. The number of carbonyl (C=O) groups excluding carboxylic acids is 1. The highest BCUT2D eigenvalue weighted by Crippen LogP contribution is 2.29. The summed E-state index contributed by atoms with van der Waals surface area (Å²) in [6, 6.07) is 13.1. The number of anilines is 1. The molecule has 3 aromatic rings. The highest BCUT2D eigenvalue weighted by atomic mass is 19.1. The molecular weight excluding hydrogens is 531 g/mol. The van der Waals surface area contributed by atoms with Gasteiger partial charge in [-0.25, -0.2) is 15.0 Å². The van der Waals surface area contributed by atoms with Gasteiger partial charge in [-0.1, -0.05) is 39.8 Å². The first-order valence-electron chi connectivity index (χ1n) is 15.2. The molecule has 1 saturated heterocycles. The fourth-order valence-corrected chi connectivity index (χ4v) is 5.44. The van der Waals surface area contributed by atoms with Crippen LogP contribution < -0.4 is 16.9 Å². The molecule has 8 nitrogen and oxygen atoms in total. The first-order chi connectivity index (χ1) is 20.1. The summed E-state index contributed by atoms with van der Waals surface area (Å²) < 4.78 is 19.6. The van der Waals surface area contributed by atoms with Gasteiger partial charge in [0.2, 0.25) is 0 Å². The zero-order valence-electron chi connectivity index (χ0n) is 25.5. The molecule has 0 amide bonds. The fourth-order valence-electron chi connectivity index (χ4n) is 5.44. The summed E-state index contributed by atoms with van der Waals surface area (Å²) in [5.41, 5.74) is 10.5. The Balaban J connectivity index is 1.30. The minimum Gasteiger partial charge on any atom is -0.461 e. The van der Waals surface area contributed by atoms with E-state index in [1.165, 1.54) is 17.7 Å². The Morgan fingerprint density at radius 2 is 1.90 bits per heavy atom. The van der Waals surface area contributed by atoms with E-state index in [-0.39, 0.29) is 23.9 Å². The molecule has 1 aromatic heterocycles. The van der Waals surface area contributed by atoms with Crippen LogP contribution in [0.2, 0.25) is 0 Å². The van der Waals surface area contributed by atoms with Crippen LogP contribution in [0.3, 0.4) is 0 Å². The zero-order chi connectivity index (χ0) is 30.2. The largest absolute Gasteiger partial charge is 0.461 e. The maximum absolute atomic E-state index is 14.1. The van der Waals surface area contributed by atoms with Gasteiger partial charge in [0.1, 0.15) is 11.5 Å². The van der Waals surface area contributed by atoms with Crippen molar-refractivity contribution in [3.63, 3.8) is 0 Å². The Morgan fingerprint density at radius 3 is 2.57 bits per heavy atom. The average molecular weight is 579 g/mol. The third-order valence-electron chi connectivity index (χ3n) is 8.13. The van der Waals surface area contributed by atoms with Crippen LogP contribution in [-0.4, -0.2) is 60.2 Å². The van der Waals surface area contributed by atoms with E-state index in [0.717, 1.165) is 51.1 Å². The standard InChI is InChI=1S/C33H47FN6O2/c1-5-23(4)25-6-9-27(10-7-25)37-14-17-39-15-12-24(13-16-39)19-40(36)20-29(35)31-28-18-26(34)8-11-30(28)38-32(31)33(41)42-21-22(2)3/h6-11,18,20,22-24,37-38H,5,12-17,19,21,35-36H2,1-4H3/b29-20-. The Morgan fingerprint density at radius 1 is 1.19 bits per heavy atom. The van der Waals surface area contributed by atoms with Crippen LogP contribution in [0.15, 0.2) is 48.7 Å². The molecule has 4 rings (SSSR count). The number of hydrogen-bond donors (Lipinski definition) is 4. The molecule has 6 N–H and O–H groups in total. The quantitative estimate of drug-likeness (QED) is 0.114. The number of aromatic nitrogens is 1. The van der Waals surface area contributed by atoms with Crippen molar-refractivity contribution in [2.24, 2.45) is 23.4 Å². The van der Waals surface area contributed by atoms with Crippen LogP contribution in [0.1, 0.15) is 74.5 Å². The first kappa shape index (κ1) is 31.4. The van der Waals surface area contributed by atoms with Crippen LogP contribution >= 0.6 is 0 Å². The molecule has 1 atom stereocenters. The Bertz CT molecular complexity index is 1340. The number of H-pyrrole nitrogens is 1. The van der Waals surface area contributed by atoms with Gasteiger partial charge in [-0.2, -0.15) is 0 Å². The zero-order valence-corrected chi connectivity index (χ0v) is 25.5. The summed E-state index contributed by atoms with van der Waals surface area (Å²) in [7, 11) is 0. The van der Waals surface area contributed by atoms with Gasteiger partial charge in [-0.15, -0.1) is 0 Å². The van der Waals surface area contributed by atoms with Crippen molar-refractivity contribution in [1.82, 2.24) is 14.9 Å². The molecule has 2 heterocycles. The molecule has 42 heavy (non-hydrogen) atoms. The van der Waals surface area contributed by atoms with Crippen molar-refractivity contribution in [3.05, 3.63) is 71.3 Å². The van der Waals surface area contributed by atoms with E-state index < -0.39 is 11.8 Å². The summed E-state index contributed by atoms with van der Waals surface area (Å²) in [5, 5.41) is 5.65. The summed E-state index contributed by atoms with van der Waals surface area (Å²) in [4.78, 5) is 18.4. The van der Waals surface area contributed by atoms with Crippen molar-refractivity contribution < 1.29 is 13.9 Å². The van der Waals surface area contributed by atoms with Gasteiger partial charge in [-0.05, 0) is 86.0 Å². The van der Waals surface area contributed by atoms with Crippen LogP contribution in [0.25, 0.3) is 16.6 Å². The van der Waals surface area contributed by atoms with Crippen LogP contribution in [0.4, 0.5) is 10.1 Å². The fraction of sp³-hybridized carbons (Fsp3) is 0.485. The van der Waals surface area contributed by atoms with Crippen LogP contribution in [0, 0.1) is 17.7 Å². The second-order valence-electron chi connectivity index (χ2n) is 12.0. The van der Waals surface area contributed by atoms with E-state index in [4.69, 9.17) is 16.3 Å². The maximum atomic E-state index is 14.1. The SMILES string of the molecule is CCC(C)c1ccc(NCCN2CCC(CN(N)/C=C(\N)c3c(C(=O)OCC(C)C)[nH]c4ccc(F)cc34)CC2)cc1. The van der Waals surface area contributed by atoms with Gasteiger partial charge in [-0.3, -0.25) is 0 Å². The van der Waals surface area contributed by atoms with Crippen molar-refractivity contribution in [1.29, 1.82) is 0 Å². The van der Waals surface area contributed by atoms with Gasteiger partial charge in [0.25, 0.3) is 0 Å². The molecule has 1 unspecified atom stereocenters. The topological polar surface area (TPSA) is 113 Å². The van der Waals surface area contributed by atoms with Crippen molar-refractivity contribution in [2.75, 3.05) is 44.6 Å². The molecule has 0 spiro atoms. The number of nitrogens with two attached hydrogens (primary N) is 2. The number of piperidine rings is 1. The molecule has 1 aliphatic heterocycles. The lowest BCUT2D eigenvalue weighted by Crippen LogP contribution is -2.41. The van der Waals surface area contributed by atoms with Crippen LogP contribution in [0.5, 0.6) is 0 Å². The number of nitrogens with zero attached hydrogens (tertiary/aromatic N) is 2. The number of hydrazine groups is 1. The molecule has 0 aliphatic carbocycles. The summed E-state index contributed by atoms with van der Waals surface area (Å²) in [5.74, 6) is 6.63. The Hall–Kier alpha value is -3.56. The molecule has 228 valence electrons. The number of carbonyl (C=O) groups is 1. The van der Waals surface area contributed by atoms with Gasteiger partial charge in [0, 0.05) is 48.0 Å². The van der Waals surface area contributed by atoms with E-state index in [1.807, 2.05) is 13.8 Å². The molecule has 0 radical (unpaired) electrons. The highest BCUT2D eigenvalue weighted by molar-refractivity contribution is 6.04. The smallest absolute Gasteiger partial charge is 0.355 e. The van der Waals surface area contributed by atoms with Gasteiger partial charge in [0.15, 0.2) is 0 Å². The Kier molecular flexibility index (Phi) is 10.9. The maximum Gasteiger partial charge on any atom is 0.355 e. The number of benzene rings is 2. The third-order valence-corrected chi connectivity index (χ3v) is 8.13. The predicted molar refractivity (Wildman–Crippen MR) is 169 cm³/mol.